The number of anilines is 2. The summed E-state index contributed by atoms with van der Waals surface area (Å²) in [6, 6.07) is 4.51. The van der Waals surface area contributed by atoms with Crippen LogP contribution in [-0.4, -0.2) is 37.4 Å². The molecule has 1 amide bonds. The molecule has 11 heteroatoms. The van der Waals surface area contributed by atoms with Crippen molar-refractivity contribution >= 4 is 34.2 Å². The molecule has 2 aromatic carbocycles. The van der Waals surface area contributed by atoms with Gasteiger partial charge in [0.25, 0.3) is 0 Å². The number of hydrogen-bond acceptors (Lipinski definition) is 7. The van der Waals surface area contributed by atoms with Crippen LogP contribution in [0.15, 0.2) is 33.5 Å². The van der Waals surface area contributed by atoms with Crippen LogP contribution >= 0.6 is 0 Å². The number of hydrogen-bond donors (Lipinski definition) is 2. The van der Waals surface area contributed by atoms with Crippen LogP contribution in [0.2, 0.25) is 0 Å². The summed E-state index contributed by atoms with van der Waals surface area (Å²) in [5.74, 6) is -4.78. The van der Waals surface area contributed by atoms with Crippen molar-refractivity contribution < 1.29 is 31.9 Å². The lowest BCUT2D eigenvalue weighted by atomic mass is 10.1. The van der Waals surface area contributed by atoms with E-state index in [2.05, 4.69) is 10.1 Å². The molecule has 3 rings (SSSR count). The summed E-state index contributed by atoms with van der Waals surface area (Å²) in [5, 5.41) is 1.87. The zero-order chi connectivity index (χ0) is 24.4. The summed E-state index contributed by atoms with van der Waals surface area (Å²) in [6.07, 6.45) is 0. The number of nitrogens with zero attached hydrogens (tertiary/aromatic N) is 1. The van der Waals surface area contributed by atoms with Gasteiger partial charge in [0.2, 0.25) is 5.91 Å². The fraction of sp³-hybridized carbons (Fsp3) is 0.227. The van der Waals surface area contributed by atoms with E-state index in [0.717, 1.165) is 19.1 Å². The molecule has 0 aliphatic rings. The second-order valence-corrected chi connectivity index (χ2v) is 7.46. The average Bonchev–Trinajstić information content (AvgIpc) is 2.72. The Labute approximate surface area is 185 Å². The van der Waals surface area contributed by atoms with Gasteiger partial charge in [-0.05, 0) is 32.3 Å². The molecule has 0 aliphatic heterocycles. The predicted molar refractivity (Wildman–Crippen MR) is 115 cm³/mol. The number of nitrogen functional groups attached to an aromatic ring is 1. The summed E-state index contributed by atoms with van der Waals surface area (Å²) in [4.78, 5) is 37.0. The van der Waals surface area contributed by atoms with E-state index in [1.807, 2.05) is 0 Å². The third-order valence-electron chi connectivity index (χ3n) is 4.59. The van der Waals surface area contributed by atoms with Gasteiger partial charge >= 0.3 is 5.97 Å². The molecule has 0 atom stereocenters. The number of carbonyl (C=O) groups excluding carboxylic acids is 2. The number of amides is 1. The number of benzene rings is 2. The fourth-order valence-electron chi connectivity index (χ4n) is 3.10. The number of fused-ring (bicyclic) bond motifs is 1. The maximum absolute atomic E-state index is 15.0. The summed E-state index contributed by atoms with van der Waals surface area (Å²) in [6.45, 7) is 0.324. The standard InChI is InChI=1S/C22H20F3N3O5/c1-10(29)32-9-12-19(24)21(26)18-15(30)7-16(33-22(18)20(12)25)11-4-5-14(13(23)6-11)27-17(31)8-28(2)3/h4-7H,8-9,26H2,1-3H3,(H,27,31). The van der Waals surface area contributed by atoms with Crippen molar-refractivity contribution in [3.8, 4) is 11.3 Å². The van der Waals surface area contributed by atoms with Crippen molar-refractivity contribution in [3.05, 3.63) is 57.5 Å². The van der Waals surface area contributed by atoms with Crippen molar-refractivity contribution in [1.29, 1.82) is 0 Å². The third kappa shape index (κ3) is 4.98. The molecule has 33 heavy (non-hydrogen) atoms. The normalized spacial score (nSPS) is 11.1. The molecule has 0 radical (unpaired) electrons. The first-order chi connectivity index (χ1) is 15.5. The van der Waals surface area contributed by atoms with Crippen LogP contribution in [0.5, 0.6) is 0 Å². The van der Waals surface area contributed by atoms with Gasteiger partial charge in [0.05, 0.1) is 28.9 Å². The SMILES string of the molecule is CC(=O)OCc1c(F)c(N)c2c(=O)cc(-c3ccc(NC(=O)CN(C)C)c(F)c3)oc2c1F. The lowest BCUT2D eigenvalue weighted by Gasteiger charge is -2.13. The lowest BCUT2D eigenvalue weighted by Crippen LogP contribution is -2.27. The summed E-state index contributed by atoms with van der Waals surface area (Å²) in [7, 11) is 3.35. The number of nitrogens with one attached hydrogen (secondary N) is 1. The van der Waals surface area contributed by atoms with Crippen molar-refractivity contribution in [2.45, 2.75) is 13.5 Å². The Morgan fingerprint density at radius 2 is 1.85 bits per heavy atom. The third-order valence-corrected chi connectivity index (χ3v) is 4.59. The van der Waals surface area contributed by atoms with Crippen LogP contribution in [0, 0.1) is 17.5 Å². The summed E-state index contributed by atoms with van der Waals surface area (Å²) < 4.78 is 54.1. The Morgan fingerprint density at radius 3 is 2.45 bits per heavy atom. The maximum Gasteiger partial charge on any atom is 0.302 e. The number of carbonyl (C=O) groups is 2. The highest BCUT2D eigenvalue weighted by atomic mass is 19.1. The molecule has 0 unspecified atom stereocenters. The molecule has 8 nitrogen and oxygen atoms in total. The molecule has 0 bridgehead atoms. The molecule has 1 aromatic heterocycles. The summed E-state index contributed by atoms with van der Waals surface area (Å²) >= 11 is 0. The lowest BCUT2D eigenvalue weighted by molar-refractivity contribution is -0.142. The highest BCUT2D eigenvalue weighted by molar-refractivity contribution is 5.93. The monoisotopic (exact) mass is 463 g/mol. The van der Waals surface area contributed by atoms with Crippen molar-refractivity contribution in [2.75, 3.05) is 31.7 Å². The Bertz CT molecular complexity index is 1320. The average molecular weight is 463 g/mol. The first-order valence-electron chi connectivity index (χ1n) is 9.60. The van der Waals surface area contributed by atoms with Gasteiger partial charge in [-0.25, -0.2) is 13.2 Å². The molecule has 174 valence electrons. The van der Waals surface area contributed by atoms with Gasteiger partial charge in [0, 0.05) is 18.6 Å². The zero-order valence-corrected chi connectivity index (χ0v) is 17.9. The molecule has 0 saturated carbocycles. The minimum atomic E-state index is -1.27. The molecule has 1 heterocycles. The van der Waals surface area contributed by atoms with Gasteiger partial charge in [-0.1, -0.05) is 0 Å². The van der Waals surface area contributed by atoms with E-state index in [1.165, 1.54) is 12.1 Å². The largest absolute Gasteiger partial charge is 0.461 e. The highest BCUT2D eigenvalue weighted by Gasteiger charge is 2.24. The first-order valence-corrected chi connectivity index (χ1v) is 9.60. The first kappa shape index (κ1) is 23.8. The highest BCUT2D eigenvalue weighted by Crippen LogP contribution is 2.32. The van der Waals surface area contributed by atoms with E-state index in [0.29, 0.717) is 0 Å². The zero-order valence-electron chi connectivity index (χ0n) is 17.9. The van der Waals surface area contributed by atoms with Crippen LogP contribution in [0.1, 0.15) is 12.5 Å². The molecule has 0 spiro atoms. The van der Waals surface area contributed by atoms with Crippen LogP contribution < -0.4 is 16.5 Å². The van der Waals surface area contributed by atoms with Gasteiger partial charge in [0.15, 0.2) is 22.6 Å². The molecule has 3 aromatic rings. The molecular weight excluding hydrogens is 443 g/mol. The van der Waals surface area contributed by atoms with Crippen molar-refractivity contribution in [1.82, 2.24) is 4.90 Å². The van der Waals surface area contributed by atoms with E-state index < -0.39 is 63.6 Å². The van der Waals surface area contributed by atoms with E-state index in [9.17, 15) is 27.6 Å². The number of halogens is 3. The number of esters is 1. The van der Waals surface area contributed by atoms with E-state index in [4.69, 9.17) is 10.2 Å². The number of likely N-dealkylation sites (N-methyl/N-ethyl adjacent to an activating group) is 1. The number of ether oxygens (including phenoxy) is 1. The second-order valence-electron chi connectivity index (χ2n) is 7.46. The smallest absolute Gasteiger partial charge is 0.302 e. The van der Waals surface area contributed by atoms with Crippen LogP contribution in [0.3, 0.4) is 0 Å². The minimum absolute atomic E-state index is 0.0354. The fourth-order valence-corrected chi connectivity index (χ4v) is 3.10. The Hall–Kier alpha value is -3.86. The van der Waals surface area contributed by atoms with E-state index in [-0.39, 0.29) is 23.6 Å². The maximum atomic E-state index is 15.0. The molecule has 0 fully saturated rings. The van der Waals surface area contributed by atoms with Gasteiger partial charge in [0.1, 0.15) is 18.2 Å². The molecular formula is C22H20F3N3O5. The van der Waals surface area contributed by atoms with E-state index in [1.54, 1.807) is 19.0 Å². The van der Waals surface area contributed by atoms with Crippen LogP contribution in [0.4, 0.5) is 24.5 Å². The van der Waals surface area contributed by atoms with Crippen LogP contribution in [-0.2, 0) is 20.9 Å². The number of rotatable bonds is 6. The van der Waals surface area contributed by atoms with Crippen molar-refractivity contribution in [3.63, 3.8) is 0 Å². The Kier molecular flexibility index (Phi) is 6.73. The van der Waals surface area contributed by atoms with Gasteiger partial charge in [-0.2, -0.15) is 0 Å². The van der Waals surface area contributed by atoms with Gasteiger partial charge in [-0.3, -0.25) is 14.4 Å². The number of nitrogens with two attached hydrogens (primary N) is 1. The summed E-state index contributed by atoms with van der Waals surface area (Å²) in [5.41, 5.74) is 2.73. The van der Waals surface area contributed by atoms with Gasteiger partial charge in [-0.15, -0.1) is 0 Å². The quantitative estimate of drug-likeness (QED) is 0.427. The predicted octanol–water partition coefficient (Wildman–Crippen LogP) is 3.02. The topological polar surface area (TPSA) is 115 Å². The molecule has 3 N–H and O–H groups in total. The Balaban J connectivity index is 2.07. The molecule has 0 aliphatic carbocycles. The van der Waals surface area contributed by atoms with E-state index >= 15 is 0 Å². The second kappa shape index (κ2) is 9.33. The Morgan fingerprint density at radius 1 is 1.15 bits per heavy atom. The molecule has 0 saturated heterocycles. The minimum Gasteiger partial charge on any atom is -0.461 e. The van der Waals surface area contributed by atoms with Gasteiger partial charge < -0.3 is 25.1 Å². The van der Waals surface area contributed by atoms with Crippen LogP contribution in [0.25, 0.3) is 22.3 Å². The van der Waals surface area contributed by atoms with Crippen molar-refractivity contribution in [2.24, 2.45) is 0 Å².